The lowest BCUT2D eigenvalue weighted by Crippen LogP contribution is -2.45. The van der Waals surface area contributed by atoms with Crippen molar-refractivity contribution in [2.45, 2.75) is 25.4 Å². The molecule has 43 heavy (non-hydrogen) atoms. The van der Waals surface area contributed by atoms with E-state index < -0.39 is 5.56 Å². The Morgan fingerprint density at radius 3 is 2.44 bits per heavy atom. The van der Waals surface area contributed by atoms with Gasteiger partial charge in [-0.05, 0) is 37.1 Å². The second-order valence-corrected chi connectivity index (χ2v) is 10.8. The molecule has 0 bridgehead atoms. The summed E-state index contributed by atoms with van der Waals surface area (Å²) in [6, 6.07) is 25.9. The molecular weight excluding hydrogens is 542 g/mol. The zero-order valence-corrected chi connectivity index (χ0v) is 24.0. The molecule has 6 rings (SSSR count). The van der Waals surface area contributed by atoms with E-state index in [9.17, 15) is 19.6 Å². The van der Waals surface area contributed by atoms with Crippen LogP contribution in [0, 0.1) is 11.3 Å². The van der Waals surface area contributed by atoms with Crippen molar-refractivity contribution in [3.05, 3.63) is 106 Å². The number of fused-ring (bicyclic) bond motifs is 3. The third-order valence-electron chi connectivity index (χ3n) is 8.25. The number of pyridine rings is 1. The fourth-order valence-corrected chi connectivity index (χ4v) is 6.10. The van der Waals surface area contributed by atoms with Gasteiger partial charge in [0.15, 0.2) is 17.2 Å². The van der Waals surface area contributed by atoms with Crippen LogP contribution in [0.3, 0.4) is 0 Å². The van der Waals surface area contributed by atoms with Crippen LogP contribution in [-0.4, -0.2) is 47.1 Å². The van der Waals surface area contributed by atoms with Crippen LogP contribution in [0.2, 0.25) is 0 Å². The molecule has 0 aliphatic carbocycles. The summed E-state index contributed by atoms with van der Waals surface area (Å²) >= 11 is 0. The normalized spacial score (nSPS) is 13.7. The number of hydrogen-bond donors (Lipinski definition) is 1. The van der Waals surface area contributed by atoms with E-state index in [0.717, 1.165) is 37.0 Å². The highest BCUT2D eigenvalue weighted by Crippen LogP contribution is 2.35. The number of ether oxygens (including phenoxy) is 1. The number of para-hydroxylation sites is 1. The van der Waals surface area contributed by atoms with E-state index in [2.05, 4.69) is 16.3 Å². The van der Waals surface area contributed by atoms with Gasteiger partial charge < -0.3 is 19.5 Å². The van der Waals surface area contributed by atoms with Gasteiger partial charge in [0.05, 0.1) is 36.3 Å². The van der Waals surface area contributed by atoms with Gasteiger partial charge in [-0.25, -0.2) is 0 Å². The summed E-state index contributed by atoms with van der Waals surface area (Å²) in [4.78, 5) is 43.2. The van der Waals surface area contributed by atoms with Gasteiger partial charge in [-0.3, -0.25) is 19.0 Å². The first-order chi connectivity index (χ1) is 20.9. The van der Waals surface area contributed by atoms with Crippen LogP contribution in [0.25, 0.3) is 21.8 Å². The van der Waals surface area contributed by atoms with E-state index >= 15 is 0 Å². The molecule has 1 aliphatic rings. The lowest BCUT2D eigenvalue weighted by Gasteiger charge is -2.34. The fraction of sp³-hybridized carbons (Fsp3) is 0.235. The Bertz CT molecular complexity index is 1960. The Morgan fingerprint density at radius 2 is 1.72 bits per heavy atom. The topological polar surface area (TPSA) is 109 Å². The molecule has 3 aromatic carbocycles. The second kappa shape index (κ2) is 11.5. The Hall–Kier alpha value is -5.36. The van der Waals surface area contributed by atoms with Crippen LogP contribution < -0.4 is 20.5 Å². The number of rotatable bonds is 7. The number of benzene rings is 3. The predicted molar refractivity (Wildman–Crippen MR) is 166 cm³/mol. The first kappa shape index (κ1) is 27.8. The molecule has 0 spiro atoms. The van der Waals surface area contributed by atoms with Gasteiger partial charge in [-0.1, -0.05) is 54.6 Å². The number of carbonyl (C=O) groups excluding carboxylic acids is 2. The van der Waals surface area contributed by atoms with Crippen LogP contribution in [0.15, 0.2) is 83.7 Å². The van der Waals surface area contributed by atoms with Crippen LogP contribution in [-0.2, 0) is 13.6 Å². The molecule has 1 saturated heterocycles. The van der Waals surface area contributed by atoms with Crippen molar-refractivity contribution in [3.63, 3.8) is 0 Å². The highest BCUT2D eigenvalue weighted by atomic mass is 16.5. The maximum absolute atomic E-state index is 14.0. The molecule has 3 heterocycles. The molecule has 9 heteroatoms. The van der Waals surface area contributed by atoms with Crippen molar-refractivity contribution in [1.29, 1.82) is 5.26 Å². The van der Waals surface area contributed by atoms with Gasteiger partial charge in [0.25, 0.3) is 11.5 Å². The molecular formula is C34H31N5O4. The number of nitrogens with zero attached hydrogens (tertiary/aromatic N) is 4. The maximum Gasteiger partial charge on any atom is 0.272 e. The van der Waals surface area contributed by atoms with Crippen LogP contribution in [0.1, 0.15) is 39.3 Å². The summed E-state index contributed by atoms with van der Waals surface area (Å²) in [5.41, 5.74) is 3.18. The quantitative estimate of drug-likeness (QED) is 0.284. The number of ketones is 1. The summed E-state index contributed by atoms with van der Waals surface area (Å²) in [5.74, 6) is -0.320. The number of nitriles is 1. The highest BCUT2D eigenvalue weighted by Gasteiger charge is 2.30. The smallest absolute Gasteiger partial charge is 0.272 e. The van der Waals surface area contributed by atoms with Crippen molar-refractivity contribution in [2.24, 2.45) is 7.05 Å². The number of hydrogen-bond acceptors (Lipinski definition) is 6. The van der Waals surface area contributed by atoms with Gasteiger partial charge in [0.2, 0.25) is 0 Å². The first-order valence-corrected chi connectivity index (χ1v) is 14.2. The Morgan fingerprint density at radius 1 is 1.00 bits per heavy atom. The molecule has 0 saturated carbocycles. The number of nitrogens with one attached hydrogen (secondary N) is 1. The summed E-state index contributed by atoms with van der Waals surface area (Å²) in [6.07, 6.45) is 1.46. The minimum atomic E-state index is -0.391. The summed E-state index contributed by atoms with van der Waals surface area (Å²) in [6.45, 7) is 1.32. The summed E-state index contributed by atoms with van der Waals surface area (Å²) in [7, 11) is 3.21. The average Bonchev–Trinajstić information content (AvgIpc) is 3.36. The molecule has 2 aromatic heterocycles. The predicted octanol–water partition coefficient (Wildman–Crippen LogP) is 4.66. The van der Waals surface area contributed by atoms with Gasteiger partial charge >= 0.3 is 0 Å². The molecule has 0 radical (unpaired) electrons. The van der Waals surface area contributed by atoms with Crippen molar-refractivity contribution in [3.8, 4) is 11.8 Å². The zero-order chi connectivity index (χ0) is 30.1. The standard InChI is InChI=1S/C34H31N5O4/c1-37-30-26-13-6-7-14-27(26)39(21-28(40)23-10-4-3-5-11-23)34(42)29(30)32(43-2)31(37)33(41)36-24-15-17-38(18-16-24)25-12-8-9-22(19-25)20-35/h3-14,19,24H,15-18,21H2,1-2H3,(H,36,41). The number of Topliss-reactive ketones (excluding diaryl/α,β-unsaturated/α-hetero) is 1. The number of aryl methyl sites for hydroxylation is 1. The summed E-state index contributed by atoms with van der Waals surface area (Å²) in [5, 5.41) is 13.4. The largest absolute Gasteiger partial charge is 0.493 e. The van der Waals surface area contributed by atoms with Crippen LogP contribution in [0.5, 0.6) is 5.75 Å². The summed E-state index contributed by atoms with van der Waals surface area (Å²) < 4.78 is 8.93. The van der Waals surface area contributed by atoms with Gasteiger partial charge in [0, 0.05) is 42.8 Å². The van der Waals surface area contributed by atoms with E-state index in [1.165, 1.54) is 11.7 Å². The number of aromatic nitrogens is 2. The number of amides is 1. The van der Waals surface area contributed by atoms with Gasteiger partial charge in [0.1, 0.15) is 5.39 Å². The molecule has 9 nitrogen and oxygen atoms in total. The van der Waals surface area contributed by atoms with E-state index in [4.69, 9.17) is 4.74 Å². The molecule has 1 aliphatic heterocycles. The minimum absolute atomic E-state index is 0.0671. The second-order valence-electron chi connectivity index (χ2n) is 10.8. The molecule has 1 N–H and O–H groups in total. The maximum atomic E-state index is 14.0. The molecule has 1 fully saturated rings. The zero-order valence-electron chi connectivity index (χ0n) is 24.0. The highest BCUT2D eigenvalue weighted by molar-refractivity contribution is 6.12. The van der Waals surface area contributed by atoms with Crippen molar-refractivity contribution < 1.29 is 14.3 Å². The molecule has 216 valence electrons. The first-order valence-electron chi connectivity index (χ1n) is 14.2. The number of anilines is 1. The lowest BCUT2D eigenvalue weighted by atomic mass is 10.0. The SMILES string of the molecule is COc1c(C(=O)NC2CCN(c3cccc(C#N)c3)CC2)n(C)c2c1c(=O)n(CC(=O)c1ccccc1)c1ccccc21. The lowest BCUT2D eigenvalue weighted by molar-refractivity contribution is 0.0918. The number of piperidine rings is 1. The van der Waals surface area contributed by atoms with E-state index in [-0.39, 0.29) is 41.1 Å². The molecule has 0 atom stereocenters. The van der Waals surface area contributed by atoms with E-state index in [1.54, 1.807) is 41.9 Å². The average molecular weight is 574 g/mol. The Kier molecular flexibility index (Phi) is 7.43. The van der Waals surface area contributed by atoms with Crippen LogP contribution in [0.4, 0.5) is 5.69 Å². The van der Waals surface area contributed by atoms with E-state index in [1.807, 2.05) is 48.5 Å². The Balaban J connectivity index is 1.33. The molecule has 0 unspecified atom stereocenters. The van der Waals surface area contributed by atoms with Gasteiger partial charge in [-0.2, -0.15) is 5.26 Å². The third-order valence-corrected chi connectivity index (χ3v) is 8.25. The number of methoxy groups -OCH3 is 1. The molecule has 1 amide bonds. The van der Waals surface area contributed by atoms with Crippen molar-refractivity contribution >= 4 is 39.2 Å². The van der Waals surface area contributed by atoms with Gasteiger partial charge in [-0.15, -0.1) is 0 Å². The number of carbonyl (C=O) groups is 2. The Labute approximate surface area is 248 Å². The third kappa shape index (κ3) is 5.01. The molecule has 5 aromatic rings. The van der Waals surface area contributed by atoms with Crippen LogP contribution >= 0.6 is 0 Å². The monoisotopic (exact) mass is 573 g/mol. The fourth-order valence-electron chi connectivity index (χ4n) is 6.10. The van der Waals surface area contributed by atoms with Crippen molar-refractivity contribution in [1.82, 2.24) is 14.5 Å². The minimum Gasteiger partial charge on any atom is -0.493 e. The van der Waals surface area contributed by atoms with E-state index in [0.29, 0.717) is 22.2 Å². The van der Waals surface area contributed by atoms with Crippen molar-refractivity contribution in [2.75, 3.05) is 25.1 Å².